The van der Waals surface area contributed by atoms with E-state index in [0.717, 1.165) is 24.2 Å². The van der Waals surface area contributed by atoms with Crippen LogP contribution >= 0.6 is 0 Å². The van der Waals surface area contributed by atoms with Gasteiger partial charge in [0.1, 0.15) is 11.6 Å². The molecule has 0 aromatic carbocycles. The van der Waals surface area contributed by atoms with E-state index in [1.54, 1.807) is 6.07 Å². The zero-order chi connectivity index (χ0) is 11.4. The summed E-state index contributed by atoms with van der Waals surface area (Å²) in [4.78, 5) is 8.53. The smallest absolute Gasteiger partial charge is 0.163 e. The van der Waals surface area contributed by atoms with E-state index >= 15 is 0 Å². The Bertz CT molecular complexity index is 483. The number of anilines is 2. The van der Waals surface area contributed by atoms with Gasteiger partial charge in [0.25, 0.3) is 0 Å². The second-order valence-electron chi connectivity index (χ2n) is 3.55. The van der Waals surface area contributed by atoms with Crippen LogP contribution in [-0.4, -0.2) is 23.1 Å². The first-order chi connectivity index (χ1) is 7.79. The van der Waals surface area contributed by atoms with Crippen LogP contribution in [0.15, 0.2) is 24.3 Å². The molecule has 84 valence electrons. The van der Waals surface area contributed by atoms with E-state index in [2.05, 4.69) is 15.3 Å². The van der Waals surface area contributed by atoms with Crippen molar-refractivity contribution in [1.29, 1.82) is 0 Å². The molecule has 2 heterocycles. The van der Waals surface area contributed by atoms with Gasteiger partial charge in [-0.2, -0.15) is 0 Å². The number of pyridine rings is 2. The number of hydrogen-bond acceptors (Lipinski definition) is 5. The van der Waals surface area contributed by atoms with Gasteiger partial charge in [-0.05, 0) is 37.2 Å². The highest BCUT2D eigenvalue weighted by atomic mass is 15.0. The van der Waals surface area contributed by atoms with Crippen LogP contribution in [0.5, 0.6) is 0 Å². The molecule has 0 bridgehead atoms. The van der Waals surface area contributed by atoms with Gasteiger partial charge in [0, 0.05) is 11.9 Å². The van der Waals surface area contributed by atoms with Crippen molar-refractivity contribution in [3.05, 3.63) is 24.3 Å². The van der Waals surface area contributed by atoms with Crippen LogP contribution in [0.3, 0.4) is 0 Å². The van der Waals surface area contributed by atoms with E-state index in [1.807, 2.05) is 18.2 Å². The Kier molecular flexibility index (Phi) is 3.16. The van der Waals surface area contributed by atoms with Crippen molar-refractivity contribution in [2.24, 2.45) is 5.73 Å². The molecule has 2 aromatic rings. The number of nitrogens with zero attached hydrogens (tertiary/aromatic N) is 2. The fraction of sp³-hybridized carbons (Fsp3) is 0.273. The van der Waals surface area contributed by atoms with E-state index in [0.29, 0.717) is 18.0 Å². The maximum absolute atomic E-state index is 5.61. The fourth-order valence-corrected chi connectivity index (χ4v) is 1.43. The number of hydrogen-bond donors (Lipinski definition) is 3. The molecule has 0 saturated carbocycles. The molecule has 2 rings (SSSR count). The molecule has 0 aliphatic rings. The molecule has 0 fully saturated rings. The fourth-order valence-electron chi connectivity index (χ4n) is 1.43. The van der Waals surface area contributed by atoms with Gasteiger partial charge in [0.2, 0.25) is 0 Å². The molecule has 5 nitrogen and oxygen atoms in total. The van der Waals surface area contributed by atoms with E-state index in [1.165, 1.54) is 0 Å². The van der Waals surface area contributed by atoms with Crippen LogP contribution in [0.1, 0.15) is 6.42 Å². The highest BCUT2D eigenvalue weighted by Crippen LogP contribution is 2.14. The lowest BCUT2D eigenvalue weighted by atomic mass is 10.3. The Morgan fingerprint density at radius 1 is 1.12 bits per heavy atom. The maximum atomic E-state index is 5.61. The zero-order valence-electron chi connectivity index (χ0n) is 8.98. The molecule has 0 aliphatic heterocycles. The maximum Gasteiger partial charge on any atom is 0.163 e. The summed E-state index contributed by atoms with van der Waals surface area (Å²) >= 11 is 0. The lowest BCUT2D eigenvalue weighted by Crippen LogP contribution is -2.09. The van der Waals surface area contributed by atoms with Crippen molar-refractivity contribution in [2.75, 3.05) is 24.1 Å². The Balaban J connectivity index is 2.21. The molecule has 0 amide bonds. The van der Waals surface area contributed by atoms with Gasteiger partial charge in [-0.25, -0.2) is 9.97 Å². The largest absolute Gasteiger partial charge is 0.384 e. The van der Waals surface area contributed by atoms with Gasteiger partial charge >= 0.3 is 0 Å². The predicted molar refractivity (Wildman–Crippen MR) is 66.1 cm³/mol. The average Bonchev–Trinajstić information content (AvgIpc) is 2.29. The number of nitrogen functional groups attached to an aromatic ring is 1. The second-order valence-corrected chi connectivity index (χ2v) is 3.55. The van der Waals surface area contributed by atoms with Crippen LogP contribution in [0.4, 0.5) is 11.6 Å². The summed E-state index contributed by atoms with van der Waals surface area (Å²) in [5, 5.41) is 4.17. The number of fused-ring (bicyclic) bond motifs is 1. The topological polar surface area (TPSA) is 89.8 Å². The van der Waals surface area contributed by atoms with Crippen LogP contribution < -0.4 is 16.8 Å². The van der Waals surface area contributed by atoms with Crippen LogP contribution in [0, 0.1) is 0 Å². The first kappa shape index (κ1) is 10.6. The Morgan fingerprint density at radius 3 is 2.75 bits per heavy atom. The van der Waals surface area contributed by atoms with Crippen molar-refractivity contribution in [2.45, 2.75) is 6.42 Å². The number of aromatic nitrogens is 2. The average molecular weight is 217 g/mol. The third-order valence-electron chi connectivity index (χ3n) is 2.26. The van der Waals surface area contributed by atoms with E-state index in [4.69, 9.17) is 11.5 Å². The molecule has 2 aromatic heterocycles. The third-order valence-corrected chi connectivity index (χ3v) is 2.26. The number of nitrogens with two attached hydrogens (primary N) is 2. The minimum atomic E-state index is 0.485. The minimum absolute atomic E-state index is 0.485. The molecule has 0 saturated heterocycles. The summed E-state index contributed by atoms with van der Waals surface area (Å²) in [6, 6.07) is 7.58. The summed E-state index contributed by atoms with van der Waals surface area (Å²) < 4.78 is 0. The number of nitrogens with one attached hydrogen (secondary N) is 1. The van der Waals surface area contributed by atoms with E-state index in [9.17, 15) is 0 Å². The zero-order valence-corrected chi connectivity index (χ0v) is 8.98. The molecule has 16 heavy (non-hydrogen) atoms. The Labute approximate surface area is 93.9 Å². The van der Waals surface area contributed by atoms with Gasteiger partial charge in [-0.1, -0.05) is 0 Å². The van der Waals surface area contributed by atoms with Gasteiger partial charge in [-0.15, -0.1) is 0 Å². The molecular formula is C11H15N5. The molecule has 0 atom stereocenters. The Hall–Kier alpha value is -1.88. The minimum Gasteiger partial charge on any atom is -0.384 e. The summed E-state index contributed by atoms with van der Waals surface area (Å²) in [5.74, 6) is 1.29. The summed E-state index contributed by atoms with van der Waals surface area (Å²) in [6.07, 6.45) is 0.921. The van der Waals surface area contributed by atoms with E-state index in [-0.39, 0.29) is 0 Å². The van der Waals surface area contributed by atoms with Gasteiger partial charge in [0.15, 0.2) is 5.65 Å². The van der Waals surface area contributed by atoms with Crippen LogP contribution in [-0.2, 0) is 0 Å². The lowest BCUT2D eigenvalue weighted by molar-refractivity contribution is 0.871. The summed E-state index contributed by atoms with van der Waals surface area (Å²) in [5.41, 5.74) is 11.7. The normalized spacial score (nSPS) is 10.6. The standard InChI is InChI=1S/C11H15N5/c12-6-1-7-14-10-5-3-8-2-4-9(13)15-11(8)16-10/h2-5H,1,6-7,12H2,(H3,13,14,15,16). The summed E-state index contributed by atoms with van der Waals surface area (Å²) in [7, 11) is 0. The van der Waals surface area contributed by atoms with Crippen molar-refractivity contribution in [3.63, 3.8) is 0 Å². The molecule has 5 heteroatoms. The van der Waals surface area contributed by atoms with Crippen molar-refractivity contribution < 1.29 is 0 Å². The van der Waals surface area contributed by atoms with Gasteiger partial charge < -0.3 is 16.8 Å². The van der Waals surface area contributed by atoms with E-state index < -0.39 is 0 Å². The number of rotatable bonds is 4. The third kappa shape index (κ3) is 2.38. The lowest BCUT2D eigenvalue weighted by Gasteiger charge is -2.05. The highest BCUT2D eigenvalue weighted by Gasteiger charge is 1.99. The quantitative estimate of drug-likeness (QED) is 0.664. The molecule has 0 radical (unpaired) electrons. The molecule has 0 spiro atoms. The van der Waals surface area contributed by atoms with Crippen molar-refractivity contribution in [3.8, 4) is 0 Å². The molecular weight excluding hydrogens is 202 g/mol. The molecule has 5 N–H and O–H groups in total. The Morgan fingerprint density at radius 2 is 1.94 bits per heavy atom. The van der Waals surface area contributed by atoms with Crippen molar-refractivity contribution in [1.82, 2.24) is 9.97 Å². The predicted octanol–water partition coefficient (Wildman–Crippen LogP) is 0.973. The van der Waals surface area contributed by atoms with Crippen LogP contribution in [0.2, 0.25) is 0 Å². The summed E-state index contributed by atoms with van der Waals surface area (Å²) in [6.45, 7) is 1.49. The molecule has 0 aliphatic carbocycles. The SMILES string of the molecule is NCCCNc1ccc2ccc(N)nc2n1. The first-order valence-corrected chi connectivity index (χ1v) is 5.27. The highest BCUT2D eigenvalue weighted by molar-refractivity contribution is 5.77. The van der Waals surface area contributed by atoms with Crippen molar-refractivity contribution >= 4 is 22.7 Å². The van der Waals surface area contributed by atoms with Gasteiger partial charge in [-0.3, -0.25) is 0 Å². The second kappa shape index (κ2) is 4.76. The first-order valence-electron chi connectivity index (χ1n) is 5.27. The van der Waals surface area contributed by atoms with Gasteiger partial charge in [0.05, 0.1) is 0 Å². The monoisotopic (exact) mass is 217 g/mol. The van der Waals surface area contributed by atoms with Crippen LogP contribution in [0.25, 0.3) is 11.0 Å². The molecule has 0 unspecified atom stereocenters.